The molecule has 0 aromatic heterocycles. The second kappa shape index (κ2) is 9.60. The molecular weight excluding hydrogens is 310 g/mol. The molecule has 0 bridgehead atoms. The number of esters is 1. The van der Waals surface area contributed by atoms with Crippen molar-refractivity contribution in [3.8, 4) is 11.5 Å². The van der Waals surface area contributed by atoms with Crippen molar-refractivity contribution in [3.63, 3.8) is 0 Å². The van der Waals surface area contributed by atoms with E-state index in [1.165, 1.54) is 13.2 Å². The molecule has 1 aromatic rings. The number of carbonyl (C=O) groups is 2. The molecule has 6 heteroatoms. The Morgan fingerprint density at radius 2 is 1.79 bits per heavy atom. The van der Waals surface area contributed by atoms with E-state index in [2.05, 4.69) is 5.32 Å². The molecule has 24 heavy (non-hydrogen) atoms. The van der Waals surface area contributed by atoms with Gasteiger partial charge in [0.05, 0.1) is 21.3 Å². The second-order valence-corrected chi connectivity index (χ2v) is 5.66. The second-order valence-electron chi connectivity index (χ2n) is 5.66. The van der Waals surface area contributed by atoms with Crippen molar-refractivity contribution in [1.82, 2.24) is 5.32 Å². The topological polar surface area (TPSA) is 73.9 Å². The van der Waals surface area contributed by atoms with Gasteiger partial charge in [-0.05, 0) is 36.1 Å². The van der Waals surface area contributed by atoms with Crippen molar-refractivity contribution in [2.75, 3.05) is 21.3 Å². The fourth-order valence-electron chi connectivity index (χ4n) is 2.18. The third-order valence-corrected chi connectivity index (χ3v) is 3.34. The minimum absolute atomic E-state index is 0.254. The van der Waals surface area contributed by atoms with Gasteiger partial charge < -0.3 is 19.5 Å². The summed E-state index contributed by atoms with van der Waals surface area (Å²) in [5, 5.41) is 2.66. The molecule has 1 aromatic carbocycles. The van der Waals surface area contributed by atoms with Gasteiger partial charge in [0.15, 0.2) is 11.5 Å². The first-order valence-corrected chi connectivity index (χ1v) is 7.69. The Labute approximate surface area is 142 Å². The molecule has 0 aliphatic carbocycles. The zero-order valence-electron chi connectivity index (χ0n) is 14.8. The van der Waals surface area contributed by atoms with Crippen LogP contribution in [-0.2, 0) is 14.3 Å². The number of hydrogen-bond donors (Lipinski definition) is 1. The average molecular weight is 335 g/mol. The standard InChI is InChI=1S/C18H25NO5/c1-12(2)10-14(18(21)24-5)19-17(20)9-7-13-6-8-15(22-3)16(11-13)23-4/h6-9,11-12,14H,10H2,1-5H3,(H,19,20)/b9-7+/t14-/m0/s1. The first-order chi connectivity index (χ1) is 11.4. The van der Waals surface area contributed by atoms with E-state index >= 15 is 0 Å². The van der Waals surface area contributed by atoms with Crippen molar-refractivity contribution in [3.05, 3.63) is 29.8 Å². The van der Waals surface area contributed by atoms with Gasteiger partial charge in [0.2, 0.25) is 5.91 Å². The van der Waals surface area contributed by atoms with Gasteiger partial charge in [0.25, 0.3) is 0 Å². The van der Waals surface area contributed by atoms with Crippen LogP contribution in [0.5, 0.6) is 11.5 Å². The summed E-state index contributed by atoms with van der Waals surface area (Å²) in [7, 11) is 4.41. The molecule has 0 fully saturated rings. The lowest BCUT2D eigenvalue weighted by Gasteiger charge is -2.17. The highest BCUT2D eigenvalue weighted by molar-refractivity contribution is 5.94. The number of benzene rings is 1. The highest BCUT2D eigenvalue weighted by Gasteiger charge is 2.21. The molecule has 0 unspecified atom stereocenters. The fraction of sp³-hybridized carbons (Fsp3) is 0.444. The SMILES string of the molecule is COC(=O)[C@H](CC(C)C)NC(=O)/C=C/c1ccc(OC)c(OC)c1. The molecule has 132 valence electrons. The molecule has 0 saturated heterocycles. The van der Waals surface area contributed by atoms with Crippen LogP contribution < -0.4 is 14.8 Å². The smallest absolute Gasteiger partial charge is 0.328 e. The Hall–Kier alpha value is -2.50. The Morgan fingerprint density at radius 3 is 2.33 bits per heavy atom. The van der Waals surface area contributed by atoms with Crippen molar-refractivity contribution in [1.29, 1.82) is 0 Å². The van der Waals surface area contributed by atoms with E-state index in [4.69, 9.17) is 14.2 Å². The highest BCUT2D eigenvalue weighted by Crippen LogP contribution is 2.27. The summed E-state index contributed by atoms with van der Waals surface area (Å²) in [6.45, 7) is 3.95. The first-order valence-electron chi connectivity index (χ1n) is 7.69. The van der Waals surface area contributed by atoms with Crippen LogP contribution in [0.3, 0.4) is 0 Å². The Balaban J connectivity index is 2.78. The number of nitrogens with one attached hydrogen (secondary N) is 1. The van der Waals surface area contributed by atoms with E-state index in [1.54, 1.807) is 38.5 Å². The van der Waals surface area contributed by atoms with E-state index < -0.39 is 12.0 Å². The minimum atomic E-state index is -0.655. The number of hydrogen-bond acceptors (Lipinski definition) is 5. The monoisotopic (exact) mass is 335 g/mol. The van der Waals surface area contributed by atoms with Gasteiger partial charge in [-0.15, -0.1) is 0 Å². The zero-order valence-corrected chi connectivity index (χ0v) is 14.8. The molecule has 1 rings (SSSR count). The molecule has 1 amide bonds. The minimum Gasteiger partial charge on any atom is -0.493 e. The van der Waals surface area contributed by atoms with E-state index in [9.17, 15) is 9.59 Å². The summed E-state index contributed by atoms with van der Waals surface area (Å²) >= 11 is 0. The van der Waals surface area contributed by atoms with Crippen LogP contribution in [0.25, 0.3) is 6.08 Å². The summed E-state index contributed by atoms with van der Waals surface area (Å²) in [6.07, 6.45) is 3.53. The van der Waals surface area contributed by atoms with E-state index in [-0.39, 0.29) is 11.8 Å². The molecule has 0 saturated carbocycles. The Bertz CT molecular complexity index is 595. The predicted octanol–water partition coefficient (Wildman–Crippen LogP) is 2.42. The quantitative estimate of drug-likeness (QED) is 0.583. The van der Waals surface area contributed by atoms with Crippen LogP contribution in [0.2, 0.25) is 0 Å². The average Bonchev–Trinajstić information content (AvgIpc) is 2.57. The maximum atomic E-state index is 12.0. The van der Waals surface area contributed by atoms with Crippen molar-refractivity contribution in [2.45, 2.75) is 26.3 Å². The molecule has 0 aliphatic heterocycles. The summed E-state index contributed by atoms with van der Waals surface area (Å²) in [5.74, 6) is 0.635. The third-order valence-electron chi connectivity index (χ3n) is 3.34. The third kappa shape index (κ3) is 5.95. The number of amides is 1. The van der Waals surface area contributed by atoms with Gasteiger partial charge in [-0.3, -0.25) is 4.79 Å². The summed E-state index contributed by atoms with van der Waals surface area (Å²) < 4.78 is 15.1. The number of carbonyl (C=O) groups excluding carboxylic acids is 2. The van der Waals surface area contributed by atoms with Gasteiger partial charge in [-0.1, -0.05) is 19.9 Å². The van der Waals surface area contributed by atoms with Crippen LogP contribution in [0.4, 0.5) is 0 Å². The predicted molar refractivity (Wildman–Crippen MR) is 92.0 cm³/mol. The molecule has 0 radical (unpaired) electrons. The Morgan fingerprint density at radius 1 is 1.12 bits per heavy atom. The fourth-order valence-corrected chi connectivity index (χ4v) is 2.18. The van der Waals surface area contributed by atoms with Gasteiger partial charge >= 0.3 is 5.97 Å². The van der Waals surface area contributed by atoms with Gasteiger partial charge in [-0.2, -0.15) is 0 Å². The first kappa shape index (κ1) is 19.5. The molecule has 1 atom stereocenters. The van der Waals surface area contributed by atoms with Crippen molar-refractivity contribution >= 4 is 18.0 Å². The number of ether oxygens (including phenoxy) is 3. The van der Waals surface area contributed by atoms with E-state index in [0.717, 1.165) is 5.56 Å². The Kier molecular flexibility index (Phi) is 7.82. The van der Waals surface area contributed by atoms with Gasteiger partial charge in [0.1, 0.15) is 6.04 Å². The molecule has 0 heterocycles. The van der Waals surface area contributed by atoms with E-state index in [0.29, 0.717) is 17.9 Å². The normalized spacial score (nSPS) is 12.1. The van der Waals surface area contributed by atoms with Gasteiger partial charge in [-0.25, -0.2) is 4.79 Å². The lowest BCUT2D eigenvalue weighted by Crippen LogP contribution is -2.41. The van der Waals surface area contributed by atoms with Crippen LogP contribution >= 0.6 is 0 Å². The molecule has 1 N–H and O–H groups in total. The van der Waals surface area contributed by atoms with Crippen molar-refractivity contribution < 1.29 is 23.8 Å². The zero-order chi connectivity index (χ0) is 18.1. The van der Waals surface area contributed by atoms with Crippen LogP contribution in [0, 0.1) is 5.92 Å². The van der Waals surface area contributed by atoms with Crippen LogP contribution in [-0.4, -0.2) is 39.2 Å². The highest BCUT2D eigenvalue weighted by atomic mass is 16.5. The number of methoxy groups -OCH3 is 3. The molecule has 0 spiro atoms. The van der Waals surface area contributed by atoms with Crippen LogP contribution in [0.1, 0.15) is 25.8 Å². The van der Waals surface area contributed by atoms with Gasteiger partial charge in [0, 0.05) is 6.08 Å². The van der Waals surface area contributed by atoms with Crippen LogP contribution in [0.15, 0.2) is 24.3 Å². The maximum Gasteiger partial charge on any atom is 0.328 e. The molecule has 0 aliphatic rings. The molecule has 6 nitrogen and oxygen atoms in total. The largest absolute Gasteiger partial charge is 0.493 e. The van der Waals surface area contributed by atoms with E-state index in [1.807, 2.05) is 13.8 Å². The maximum absolute atomic E-state index is 12.0. The molecular formula is C18H25NO5. The summed E-state index contributed by atoms with van der Waals surface area (Å²) in [4.78, 5) is 23.8. The summed E-state index contributed by atoms with van der Waals surface area (Å²) in [5.41, 5.74) is 0.779. The lowest BCUT2D eigenvalue weighted by atomic mass is 10.0. The lowest BCUT2D eigenvalue weighted by molar-refractivity contribution is -0.145. The summed E-state index contributed by atoms with van der Waals surface area (Å²) in [6, 6.07) is 4.66. The number of rotatable bonds is 8. The van der Waals surface area contributed by atoms with Crippen molar-refractivity contribution in [2.24, 2.45) is 5.92 Å².